The Morgan fingerprint density at radius 2 is 2.28 bits per heavy atom. The first-order chi connectivity index (χ1) is 8.65. The Morgan fingerprint density at radius 3 is 2.83 bits per heavy atom. The molecule has 1 aromatic heterocycles. The number of likely N-dealkylation sites (tertiary alicyclic amines) is 1. The second-order valence-corrected chi connectivity index (χ2v) is 4.63. The minimum Gasteiger partial charge on any atom is -0.480 e. The predicted octanol–water partition coefficient (Wildman–Crippen LogP) is 0.486. The van der Waals surface area contributed by atoms with Crippen molar-refractivity contribution < 1.29 is 14.6 Å². The summed E-state index contributed by atoms with van der Waals surface area (Å²) in [7, 11) is 1.94. The van der Waals surface area contributed by atoms with E-state index in [2.05, 4.69) is 10.00 Å². The molecule has 0 radical (unpaired) electrons. The van der Waals surface area contributed by atoms with Gasteiger partial charge in [-0.15, -0.1) is 0 Å². The third-order valence-corrected chi connectivity index (χ3v) is 3.29. The molecular weight excluding hydrogens is 234 g/mol. The Balaban J connectivity index is 1.73. The highest BCUT2D eigenvalue weighted by atomic mass is 16.5. The van der Waals surface area contributed by atoms with Gasteiger partial charge < -0.3 is 9.84 Å². The van der Waals surface area contributed by atoms with Crippen molar-refractivity contribution in [2.75, 3.05) is 19.7 Å². The average Bonchev–Trinajstić information content (AvgIpc) is 2.74. The number of aliphatic carboxylic acids is 1. The van der Waals surface area contributed by atoms with E-state index in [1.54, 1.807) is 6.20 Å². The number of aromatic nitrogens is 2. The van der Waals surface area contributed by atoms with Crippen LogP contribution in [0.15, 0.2) is 12.3 Å². The lowest BCUT2D eigenvalue weighted by Gasteiger charge is -2.31. The van der Waals surface area contributed by atoms with Crippen molar-refractivity contribution in [3.8, 4) is 0 Å². The molecule has 0 bridgehead atoms. The number of aryl methyl sites for hydroxylation is 1. The summed E-state index contributed by atoms with van der Waals surface area (Å²) in [5.41, 5.74) is 1.19. The minimum atomic E-state index is -0.896. The first-order valence-electron chi connectivity index (χ1n) is 6.18. The Bertz CT molecular complexity index is 397. The van der Waals surface area contributed by atoms with E-state index in [1.807, 2.05) is 17.8 Å². The molecule has 0 spiro atoms. The largest absolute Gasteiger partial charge is 0.480 e. The summed E-state index contributed by atoms with van der Waals surface area (Å²) in [5.74, 6) is -0.896. The Hall–Kier alpha value is -1.40. The summed E-state index contributed by atoms with van der Waals surface area (Å²) in [6.45, 7) is 2.58. The number of rotatable bonds is 5. The molecule has 0 saturated carbocycles. The number of carboxylic acids is 1. The van der Waals surface area contributed by atoms with Crippen LogP contribution >= 0.6 is 0 Å². The molecule has 1 N–H and O–H groups in total. The third-order valence-electron chi connectivity index (χ3n) is 3.29. The van der Waals surface area contributed by atoms with Crippen LogP contribution in [0.25, 0.3) is 0 Å². The monoisotopic (exact) mass is 253 g/mol. The Kier molecular flexibility index (Phi) is 4.33. The van der Waals surface area contributed by atoms with Gasteiger partial charge in [-0.05, 0) is 18.9 Å². The van der Waals surface area contributed by atoms with Crippen molar-refractivity contribution in [1.29, 1.82) is 0 Å². The molecule has 2 rings (SSSR count). The summed E-state index contributed by atoms with van der Waals surface area (Å²) in [6.07, 6.45) is 3.68. The lowest BCUT2D eigenvalue weighted by Crippen LogP contribution is -2.37. The van der Waals surface area contributed by atoms with Crippen LogP contribution < -0.4 is 0 Å². The lowest BCUT2D eigenvalue weighted by molar-refractivity contribution is -0.145. The highest BCUT2D eigenvalue weighted by molar-refractivity contribution is 5.68. The summed E-state index contributed by atoms with van der Waals surface area (Å²) >= 11 is 0. The smallest absolute Gasteiger partial charge is 0.329 e. The molecule has 0 amide bonds. The number of carboxylic acid groups (broad SMARTS) is 1. The molecule has 0 atom stereocenters. The Labute approximate surface area is 106 Å². The number of hydrogen-bond donors (Lipinski definition) is 1. The molecule has 6 heteroatoms. The molecule has 1 aliphatic rings. The fourth-order valence-corrected chi connectivity index (χ4v) is 2.21. The SMILES string of the molecule is Cn1nccc1CN1CCC(OCC(=O)O)CC1. The zero-order valence-corrected chi connectivity index (χ0v) is 10.6. The molecule has 2 heterocycles. The van der Waals surface area contributed by atoms with Gasteiger partial charge in [0.15, 0.2) is 0 Å². The summed E-state index contributed by atoms with van der Waals surface area (Å²) < 4.78 is 7.19. The number of piperidine rings is 1. The fourth-order valence-electron chi connectivity index (χ4n) is 2.21. The van der Waals surface area contributed by atoms with Gasteiger partial charge in [-0.2, -0.15) is 5.10 Å². The van der Waals surface area contributed by atoms with Crippen LogP contribution in [0, 0.1) is 0 Å². The van der Waals surface area contributed by atoms with Gasteiger partial charge in [0.2, 0.25) is 0 Å². The second kappa shape index (κ2) is 5.97. The second-order valence-electron chi connectivity index (χ2n) is 4.63. The minimum absolute atomic E-state index is 0.0869. The van der Waals surface area contributed by atoms with Crippen molar-refractivity contribution in [2.45, 2.75) is 25.5 Å². The molecule has 1 aliphatic heterocycles. The summed E-state index contributed by atoms with van der Waals surface area (Å²) in [4.78, 5) is 12.8. The van der Waals surface area contributed by atoms with Gasteiger partial charge in [-0.3, -0.25) is 9.58 Å². The maximum atomic E-state index is 10.4. The topological polar surface area (TPSA) is 67.6 Å². The molecule has 0 aliphatic carbocycles. The van der Waals surface area contributed by atoms with E-state index in [-0.39, 0.29) is 12.7 Å². The first kappa shape index (κ1) is 13.0. The van der Waals surface area contributed by atoms with Gasteiger partial charge in [-0.1, -0.05) is 0 Å². The van der Waals surface area contributed by atoms with E-state index in [4.69, 9.17) is 9.84 Å². The van der Waals surface area contributed by atoms with Crippen LogP contribution in [-0.2, 0) is 23.1 Å². The van der Waals surface area contributed by atoms with Crippen molar-refractivity contribution in [1.82, 2.24) is 14.7 Å². The van der Waals surface area contributed by atoms with Gasteiger partial charge in [0.1, 0.15) is 6.61 Å². The van der Waals surface area contributed by atoms with Crippen molar-refractivity contribution >= 4 is 5.97 Å². The molecule has 100 valence electrons. The van der Waals surface area contributed by atoms with Crippen LogP contribution in [-0.4, -0.2) is 51.6 Å². The maximum absolute atomic E-state index is 10.4. The van der Waals surface area contributed by atoms with Crippen molar-refractivity contribution in [3.05, 3.63) is 18.0 Å². The van der Waals surface area contributed by atoms with Crippen LogP contribution in [0.5, 0.6) is 0 Å². The molecule has 1 fully saturated rings. The zero-order chi connectivity index (χ0) is 13.0. The van der Waals surface area contributed by atoms with Crippen LogP contribution in [0.1, 0.15) is 18.5 Å². The molecule has 0 aromatic carbocycles. The quantitative estimate of drug-likeness (QED) is 0.827. The zero-order valence-electron chi connectivity index (χ0n) is 10.6. The molecule has 6 nitrogen and oxygen atoms in total. The summed E-state index contributed by atoms with van der Waals surface area (Å²) in [6, 6.07) is 2.02. The highest BCUT2D eigenvalue weighted by Gasteiger charge is 2.20. The molecule has 1 saturated heterocycles. The molecule has 18 heavy (non-hydrogen) atoms. The van der Waals surface area contributed by atoms with E-state index in [0.29, 0.717) is 0 Å². The van der Waals surface area contributed by atoms with Gasteiger partial charge in [-0.25, -0.2) is 4.79 Å². The molecule has 0 unspecified atom stereocenters. The number of ether oxygens (including phenoxy) is 1. The van der Waals surface area contributed by atoms with Gasteiger partial charge in [0, 0.05) is 32.9 Å². The standard InChI is InChI=1S/C12H19N3O3/c1-14-10(2-5-13-14)8-15-6-3-11(4-7-15)18-9-12(16)17/h2,5,11H,3-4,6-9H2,1H3,(H,16,17). The predicted molar refractivity (Wildman–Crippen MR) is 65.1 cm³/mol. The normalized spacial score (nSPS) is 18.1. The van der Waals surface area contributed by atoms with E-state index in [9.17, 15) is 4.79 Å². The van der Waals surface area contributed by atoms with Crippen molar-refractivity contribution in [2.24, 2.45) is 7.05 Å². The van der Waals surface area contributed by atoms with Gasteiger partial charge in [0.25, 0.3) is 0 Å². The number of carbonyl (C=O) groups is 1. The third kappa shape index (κ3) is 3.54. The molecular formula is C12H19N3O3. The fraction of sp³-hybridized carbons (Fsp3) is 0.667. The van der Waals surface area contributed by atoms with Crippen molar-refractivity contribution in [3.63, 3.8) is 0 Å². The first-order valence-corrected chi connectivity index (χ1v) is 6.18. The number of hydrogen-bond acceptors (Lipinski definition) is 4. The van der Waals surface area contributed by atoms with E-state index in [1.165, 1.54) is 5.69 Å². The van der Waals surface area contributed by atoms with E-state index >= 15 is 0 Å². The Morgan fingerprint density at radius 1 is 1.56 bits per heavy atom. The van der Waals surface area contributed by atoms with Crippen LogP contribution in [0.4, 0.5) is 0 Å². The van der Waals surface area contributed by atoms with E-state index in [0.717, 1.165) is 32.5 Å². The van der Waals surface area contributed by atoms with Crippen LogP contribution in [0.2, 0.25) is 0 Å². The van der Waals surface area contributed by atoms with Gasteiger partial charge >= 0.3 is 5.97 Å². The highest BCUT2D eigenvalue weighted by Crippen LogP contribution is 2.15. The van der Waals surface area contributed by atoms with E-state index < -0.39 is 5.97 Å². The number of nitrogens with zero attached hydrogens (tertiary/aromatic N) is 3. The van der Waals surface area contributed by atoms with Crippen LogP contribution in [0.3, 0.4) is 0 Å². The van der Waals surface area contributed by atoms with Gasteiger partial charge in [0.05, 0.1) is 11.8 Å². The lowest BCUT2D eigenvalue weighted by atomic mass is 10.1. The molecule has 1 aromatic rings. The maximum Gasteiger partial charge on any atom is 0.329 e. The average molecular weight is 253 g/mol. The summed E-state index contributed by atoms with van der Waals surface area (Å²) in [5, 5.41) is 12.7.